The van der Waals surface area contributed by atoms with Crippen molar-refractivity contribution in [2.45, 2.75) is 63.6 Å². The van der Waals surface area contributed by atoms with Gasteiger partial charge in [-0.05, 0) is 88.2 Å². The lowest BCUT2D eigenvalue weighted by atomic mass is 9.89. The predicted octanol–water partition coefficient (Wildman–Crippen LogP) is 9.18. The molecule has 2 aliphatic heterocycles. The zero-order valence-electron chi connectivity index (χ0n) is 32.7. The van der Waals surface area contributed by atoms with E-state index in [-0.39, 0.29) is 24.5 Å². The number of carbonyl (C=O) groups is 2. The first kappa shape index (κ1) is 40.0. The standard InChI is InChI=1S/C47H44Cl2N4O6/c1-3-41(32-7-5-4-6-8-32)53-26-35-23-44-43(58-28-45(59-44)33-14-16-37(17-15-33)57-27-30-11-18-38(48)39(49)19-30)22-34(35)21-42(53)46(54)51-40(47(55)56)20-29-9-12-31(13-10-29)36-24-50-52(2)25-36/h4-19,22-25,40-42,45H,3,20-21,26-28H2,1-2H3,(H,51,54)(H,55,56)/t40?,41-,42-,45+/m0/s1. The fourth-order valence-electron chi connectivity index (χ4n) is 7.93. The number of aryl methyl sites for hydroxylation is 1. The van der Waals surface area contributed by atoms with Gasteiger partial charge in [0.2, 0.25) is 5.91 Å². The number of aromatic nitrogens is 2. The van der Waals surface area contributed by atoms with Gasteiger partial charge in [0.25, 0.3) is 0 Å². The third-order valence-corrected chi connectivity index (χ3v) is 11.8. The number of nitrogens with one attached hydrogen (secondary N) is 1. The molecule has 4 atom stereocenters. The Labute approximate surface area is 353 Å². The Morgan fingerprint density at radius 1 is 0.898 bits per heavy atom. The molecule has 0 aliphatic carbocycles. The molecule has 2 N–H and O–H groups in total. The van der Waals surface area contributed by atoms with Gasteiger partial charge in [-0.2, -0.15) is 5.10 Å². The maximum Gasteiger partial charge on any atom is 0.326 e. The largest absolute Gasteiger partial charge is 0.489 e. The minimum absolute atomic E-state index is 0.0956. The van der Waals surface area contributed by atoms with Crippen molar-refractivity contribution in [3.05, 3.63) is 165 Å². The van der Waals surface area contributed by atoms with Crippen molar-refractivity contribution in [3.8, 4) is 28.4 Å². The zero-order chi connectivity index (χ0) is 41.0. The predicted molar refractivity (Wildman–Crippen MR) is 227 cm³/mol. The van der Waals surface area contributed by atoms with Gasteiger partial charge in [-0.15, -0.1) is 0 Å². The average molecular weight is 832 g/mol. The highest BCUT2D eigenvalue weighted by Gasteiger charge is 2.38. The number of benzene rings is 5. The third-order valence-electron chi connectivity index (χ3n) is 11.1. The number of carboxylic acids is 1. The topological polar surface area (TPSA) is 115 Å². The quantitative estimate of drug-likeness (QED) is 0.119. The van der Waals surface area contributed by atoms with Crippen LogP contribution in [0.2, 0.25) is 10.0 Å². The normalized spacial score (nSPS) is 17.1. The van der Waals surface area contributed by atoms with Gasteiger partial charge in [0.05, 0.1) is 22.3 Å². The molecule has 0 bridgehead atoms. The Morgan fingerprint density at radius 3 is 2.34 bits per heavy atom. The summed E-state index contributed by atoms with van der Waals surface area (Å²) in [5.41, 5.74) is 7.69. The molecule has 0 radical (unpaired) electrons. The van der Waals surface area contributed by atoms with Crippen molar-refractivity contribution in [1.29, 1.82) is 0 Å². The molecule has 2 aliphatic rings. The molecule has 1 aromatic heterocycles. The molecule has 10 nitrogen and oxygen atoms in total. The molecule has 302 valence electrons. The summed E-state index contributed by atoms with van der Waals surface area (Å²) < 4.78 is 20.6. The molecule has 8 rings (SSSR count). The van der Waals surface area contributed by atoms with E-state index in [9.17, 15) is 14.7 Å². The molecule has 1 amide bonds. The van der Waals surface area contributed by atoms with E-state index in [2.05, 4.69) is 34.4 Å². The Kier molecular flexibility index (Phi) is 11.9. The van der Waals surface area contributed by atoms with Crippen LogP contribution in [0.15, 0.2) is 122 Å². The van der Waals surface area contributed by atoms with Gasteiger partial charge in [0.1, 0.15) is 25.0 Å². The SMILES string of the molecule is CC[C@@H](c1ccccc1)N1Cc2cc3c(cc2C[C@H]1C(=O)NC(Cc1ccc(-c2cnn(C)c2)cc1)C(=O)O)OC[C@H](c1ccc(OCc2ccc(Cl)c(Cl)c2)cc1)O3. The van der Waals surface area contributed by atoms with Crippen molar-refractivity contribution in [2.24, 2.45) is 7.05 Å². The summed E-state index contributed by atoms with van der Waals surface area (Å²) in [6.07, 6.45) is 4.63. The first-order valence-electron chi connectivity index (χ1n) is 19.7. The first-order chi connectivity index (χ1) is 28.6. The van der Waals surface area contributed by atoms with Crippen LogP contribution in [-0.2, 0) is 42.6 Å². The summed E-state index contributed by atoms with van der Waals surface area (Å²) in [6.45, 7) is 3.22. The summed E-state index contributed by atoms with van der Waals surface area (Å²) in [5, 5.41) is 18.5. The van der Waals surface area contributed by atoms with E-state index in [1.807, 2.05) is 98.2 Å². The highest BCUT2D eigenvalue weighted by Crippen LogP contribution is 2.42. The molecule has 0 spiro atoms. The number of hydrogen-bond donors (Lipinski definition) is 2. The molecular formula is C47H44Cl2N4O6. The molecule has 0 saturated heterocycles. The van der Waals surface area contributed by atoms with Gasteiger partial charge in [0, 0.05) is 37.8 Å². The van der Waals surface area contributed by atoms with E-state index in [0.29, 0.717) is 53.5 Å². The van der Waals surface area contributed by atoms with Crippen molar-refractivity contribution in [2.75, 3.05) is 6.61 Å². The molecule has 3 heterocycles. The Bertz CT molecular complexity index is 2440. The number of rotatable bonds is 13. The fraction of sp³-hybridized carbons (Fsp3) is 0.255. The number of ether oxygens (including phenoxy) is 3. The Hall–Kier alpha value is -5.81. The van der Waals surface area contributed by atoms with Gasteiger partial charge in [-0.3, -0.25) is 14.4 Å². The number of fused-ring (bicyclic) bond motifs is 2. The van der Waals surface area contributed by atoms with Crippen molar-refractivity contribution in [1.82, 2.24) is 20.0 Å². The van der Waals surface area contributed by atoms with Crippen LogP contribution in [0.4, 0.5) is 0 Å². The summed E-state index contributed by atoms with van der Waals surface area (Å²) in [4.78, 5) is 29.2. The maximum atomic E-state index is 14.4. The second-order valence-electron chi connectivity index (χ2n) is 15.0. The third kappa shape index (κ3) is 9.10. The van der Waals surface area contributed by atoms with Gasteiger partial charge in [0.15, 0.2) is 17.6 Å². The number of carboxylic acid groups (broad SMARTS) is 1. The van der Waals surface area contributed by atoms with Gasteiger partial charge >= 0.3 is 5.97 Å². The monoisotopic (exact) mass is 830 g/mol. The summed E-state index contributed by atoms with van der Waals surface area (Å²) >= 11 is 12.2. The lowest BCUT2D eigenvalue weighted by Crippen LogP contribution is -2.55. The number of nitrogens with zero attached hydrogens (tertiary/aromatic N) is 3. The minimum Gasteiger partial charge on any atom is -0.489 e. The number of hydrogen-bond acceptors (Lipinski definition) is 7. The summed E-state index contributed by atoms with van der Waals surface area (Å²) in [7, 11) is 1.86. The highest BCUT2D eigenvalue weighted by atomic mass is 35.5. The molecule has 5 aromatic carbocycles. The second-order valence-corrected chi connectivity index (χ2v) is 15.8. The average Bonchev–Trinajstić information content (AvgIpc) is 3.69. The number of amides is 1. The first-order valence-corrected chi connectivity index (χ1v) is 20.4. The van der Waals surface area contributed by atoms with Crippen LogP contribution in [0.25, 0.3) is 11.1 Å². The maximum absolute atomic E-state index is 14.4. The summed E-state index contributed by atoms with van der Waals surface area (Å²) in [5.74, 6) is 0.535. The lowest BCUT2D eigenvalue weighted by Gasteiger charge is -2.42. The van der Waals surface area contributed by atoms with Crippen molar-refractivity contribution in [3.63, 3.8) is 0 Å². The smallest absolute Gasteiger partial charge is 0.326 e. The molecule has 0 fully saturated rings. The van der Waals surface area contributed by atoms with Crippen molar-refractivity contribution < 1.29 is 28.9 Å². The lowest BCUT2D eigenvalue weighted by molar-refractivity contribution is -0.143. The molecule has 1 unspecified atom stereocenters. The van der Waals surface area contributed by atoms with Crippen LogP contribution in [0.5, 0.6) is 17.2 Å². The van der Waals surface area contributed by atoms with Crippen LogP contribution in [-0.4, -0.2) is 50.4 Å². The molecule has 59 heavy (non-hydrogen) atoms. The van der Waals surface area contributed by atoms with Crippen LogP contribution >= 0.6 is 23.2 Å². The van der Waals surface area contributed by atoms with E-state index < -0.39 is 18.1 Å². The Morgan fingerprint density at radius 2 is 1.64 bits per heavy atom. The fourth-order valence-corrected chi connectivity index (χ4v) is 8.25. The Balaban J connectivity index is 0.992. The summed E-state index contributed by atoms with van der Waals surface area (Å²) in [6, 6.07) is 33.2. The van der Waals surface area contributed by atoms with Crippen LogP contribution < -0.4 is 19.5 Å². The van der Waals surface area contributed by atoms with Crippen LogP contribution in [0.3, 0.4) is 0 Å². The number of halogens is 2. The van der Waals surface area contributed by atoms with E-state index in [0.717, 1.165) is 50.9 Å². The minimum atomic E-state index is -1.12. The highest BCUT2D eigenvalue weighted by molar-refractivity contribution is 6.42. The van der Waals surface area contributed by atoms with Crippen LogP contribution in [0, 0.1) is 0 Å². The second kappa shape index (κ2) is 17.6. The molecule has 0 saturated carbocycles. The van der Waals surface area contributed by atoms with Gasteiger partial charge in [-0.25, -0.2) is 4.79 Å². The molecular weight excluding hydrogens is 787 g/mol. The van der Waals surface area contributed by atoms with Crippen LogP contribution in [0.1, 0.15) is 58.9 Å². The number of aliphatic carboxylic acids is 1. The van der Waals surface area contributed by atoms with E-state index in [1.165, 1.54) is 0 Å². The molecule has 6 aromatic rings. The van der Waals surface area contributed by atoms with Gasteiger partial charge < -0.3 is 24.6 Å². The zero-order valence-corrected chi connectivity index (χ0v) is 34.2. The molecule has 12 heteroatoms. The number of carbonyl (C=O) groups excluding carboxylic acids is 1. The van der Waals surface area contributed by atoms with E-state index in [4.69, 9.17) is 37.4 Å². The van der Waals surface area contributed by atoms with E-state index >= 15 is 0 Å². The van der Waals surface area contributed by atoms with Gasteiger partial charge in [-0.1, -0.05) is 103 Å². The van der Waals surface area contributed by atoms with E-state index in [1.54, 1.807) is 23.0 Å². The van der Waals surface area contributed by atoms with Crippen molar-refractivity contribution >= 4 is 35.1 Å².